The zero-order valence-electron chi connectivity index (χ0n) is 36.2. The predicted octanol–water partition coefficient (Wildman–Crippen LogP) is 2.58. The number of carboxylic acid groups (broad SMARTS) is 1. The summed E-state index contributed by atoms with van der Waals surface area (Å²) >= 11 is 8.19. The van der Waals surface area contributed by atoms with Crippen molar-refractivity contribution in [2.24, 2.45) is 5.73 Å². The maximum absolute atomic E-state index is 13.4. The third-order valence-electron chi connectivity index (χ3n) is 12.2. The fourth-order valence-electron chi connectivity index (χ4n) is 8.60. The number of aliphatic carboxylic acids is 1. The van der Waals surface area contributed by atoms with E-state index in [2.05, 4.69) is 36.2 Å². The Bertz CT molecular complexity index is 1670. The number of likely N-dealkylation sites (N-methyl/N-ethyl adjacent to an activating group) is 1. The Kier molecular flexibility index (Phi) is 19.9. The molecule has 21 heteroatoms. The van der Waals surface area contributed by atoms with Crippen molar-refractivity contribution in [3.8, 4) is 0 Å². The highest BCUT2D eigenvalue weighted by Crippen LogP contribution is 2.33. The Morgan fingerprint density at radius 1 is 0.871 bits per heavy atom. The number of piperazine rings is 2. The lowest BCUT2D eigenvalue weighted by atomic mass is 10.0. The van der Waals surface area contributed by atoms with Crippen LogP contribution in [-0.2, 0) is 24.0 Å². The second-order valence-corrected chi connectivity index (χ2v) is 18.3. The molecule has 4 aliphatic rings. The largest absolute Gasteiger partial charge is 0.481 e. The standard InChI is InChI=1S/C41H67ClN12O7S/c1-51-30(17-18-34(57)58)37(60)54(26-33(51)56)29(14-9-11-19-43)36(59)44-20-12-7-5-3-2-4-6-8-16-32(55)52-22-24-53(25-23-52)40-49-38(42)48-39(50-40)45-21-13-10-15-31-35-28(27-62-31)46-41(61)47-35/h28-31,35H,2-27,43H2,1H3,(H,44,59)(H,57,58)(H2,46,47,61)(H,45,48,49,50)/t28-,29-,30-,31-,35-/m0/s1. The second-order valence-electron chi connectivity index (χ2n) is 16.7. The summed E-state index contributed by atoms with van der Waals surface area (Å²) in [5, 5.41) is 22.0. The van der Waals surface area contributed by atoms with Crippen molar-refractivity contribution in [3.05, 3.63) is 5.28 Å². The number of anilines is 2. The van der Waals surface area contributed by atoms with Crippen LogP contribution in [0.3, 0.4) is 0 Å². The number of nitrogens with two attached hydrogens (primary N) is 1. The summed E-state index contributed by atoms with van der Waals surface area (Å²) in [6.45, 7) is 3.83. The number of unbranched alkanes of at least 4 members (excludes halogenated alkanes) is 9. The van der Waals surface area contributed by atoms with Crippen molar-refractivity contribution in [2.45, 2.75) is 139 Å². The van der Waals surface area contributed by atoms with Crippen molar-refractivity contribution < 1.29 is 33.9 Å². The van der Waals surface area contributed by atoms with Gasteiger partial charge in [0, 0.05) is 70.2 Å². The number of rotatable bonds is 27. The smallest absolute Gasteiger partial charge is 0.315 e. The van der Waals surface area contributed by atoms with Crippen LogP contribution in [0.15, 0.2) is 0 Å². The highest BCUT2D eigenvalue weighted by atomic mass is 35.5. The number of hydrogen-bond donors (Lipinski definition) is 6. The molecule has 1 aromatic heterocycles. The van der Waals surface area contributed by atoms with Crippen LogP contribution in [0.25, 0.3) is 0 Å². The summed E-state index contributed by atoms with van der Waals surface area (Å²) in [5.74, 6) is 0.0134. The van der Waals surface area contributed by atoms with E-state index in [-0.39, 0.29) is 60.5 Å². The molecule has 19 nitrogen and oxygen atoms in total. The van der Waals surface area contributed by atoms with E-state index in [1.54, 1.807) is 0 Å². The van der Waals surface area contributed by atoms with E-state index in [1.807, 2.05) is 21.6 Å². The van der Waals surface area contributed by atoms with Gasteiger partial charge in [-0.1, -0.05) is 44.9 Å². The lowest BCUT2D eigenvalue weighted by molar-refractivity contribution is -0.159. The Labute approximate surface area is 374 Å². The maximum atomic E-state index is 13.4. The molecule has 4 fully saturated rings. The normalized spacial score (nSPS) is 21.8. The third-order valence-corrected chi connectivity index (χ3v) is 13.9. The number of carbonyl (C=O) groups excluding carboxylic acids is 5. The summed E-state index contributed by atoms with van der Waals surface area (Å²) < 4.78 is 0. The van der Waals surface area contributed by atoms with Gasteiger partial charge in [-0.3, -0.25) is 24.0 Å². The number of carboxylic acids is 1. The Balaban J connectivity index is 0.894. The van der Waals surface area contributed by atoms with Gasteiger partial charge in [0.1, 0.15) is 18.6 Å². The summed E-state index contributed by atoms with van der Waals surface area (Å²) in [4.78, 5) is 95.0. The number of halogens is 1. The van der Waals surface area contributed by atoms with Crippen LogP contribution in [0.1, 0.15) is 109 Å². The maximum Gasteiger partial charge on any atom is 0.315 e. The molecule has 5 atom stereocenters. The van der Waals surface area contributed by atoms with Crippen molar-refractivity contribution in [1.29, 1.82) is 0 Å². The summed E-state index contributed by atoms with van der Waals surface area (Å²) in [6.07, 6.45) is 12.8. The van der Waals surface area contributed by atoms with Gasteiger partial charge in [-0.05, 0) is 69.5 Å². The van der Waals surface area contributed by atoms with Crippen LogP contribution < -0.4 is 31.9 Å². The van der Waals surface area contributed by atoms with E-state index >= 15 is 0 Å². The van der Waals surface area contributed by atoms with E-state index < -0.39 is 24.0 Å². The first-order chi connectivity index (χ1) is 29.9. The Morgan fingerprint density at radius 3 is 2.31 bits per heavy atom. The molecule has 0 bridgehead atoms. The van der Waals surface area contributed by atoms with Gasteiger partial charge in [-0.2, -0.15) is 26.7 Å². The van der Waals surface area contributed by atoms with Gasteiger partial charge in [-0.15, -0.1) is 0 Å². The molecule has 0 saturated carbocycles. The first kappa shape index (κ1) is 48.9. The summed E-state index contributed by atoms with van der Waals surface area (Å²) in [6, 6.07) is -1.33. The van der Waals surface area contributed by atoms with E-state index in [4.69, 9.17) is 22.4 Å². The van der Waals surface area contributed by atoms with Gasteiger partial charge in [0.2, 0.25) is 40.8 Å². The predicted molar refractivity (Wildman–Crippen MR) is 238 cm³/mol. The van der Waals surface area contributed by atoms with Crippen molar-refractivity contribution in [2.75, 3.05) is 75.4 Å². The first-order valence-corrected chi connectivity index (χ1v) is 24.0. The molecule has 346 valence electrons. The molecule has 4 aliphatic heterocycles. The molecule has 6 amide bonds. The van der Waals surface area contributed by atoms with Gasteiger partial charge < -0.3 is 51.7 Å². The number of thioether (sulfide) groups is 1. The molecule has 4 saturated heterocycles. The minimum atomic E-state index is -1.05. The summed E-state index contributed by atoms with van der Waals surface area (Å²) in [5.41, 5.74) is 5.67. The molecule has 5 heterocycles. The Hall–Kier alpha value is -4.17. The molecule has 62 heavy (non-hydrogen) atoms. The van der Waals surface area contributed by atoms with Crippen LogP contribution in [0.4, 0.5) is 16.7 Å². The average molecular weight is 908 g/mol. The number of amides is 6. The number of hydrogen-bond acceptors (Lipinski definition) is 13. The van der Waals surface area contributed by atoms with Crippen molar-refractivity contribution >= 4 is 70.9 Å². The highest BCUT2D eigenvalue weighted by Gasteiger charge is 2.43. The minimum Gasteiger partial charge on any atom is -0.481 e. The average Bonchev–Trinajstić information content (AvgIpc) is 3.81. The molecule has 0 radical (unpaired) electrons. The molecule has 0 spiro atoms. The lowest BCUT2D eigenvalue weighted by Crippen LogP contribution is -2.63. The summed E-state index contributed by atoms with van der Waals surface area (Å²) in [7, 11) is 1.50. The van der Waals surface area contributed by atoms with Crippen LogP contribution in [-0.4, -0.2) is 165 Å². The van der Waals surface area contributed by atoms with Crippen molar-refractivity contribution in [1.82, 2.24) is 45.6 Å². The van der Waals surface area contributed by atoms with Gasteiger partial charge >= 0.3 is 12.0 Å². The topological polar surface area (TPSA) is 248 Å². The monoisotopic (exact) mass is 906 g/mol. The number of fused-ring (bicyclic) bond motifs is 1. The van der Waals surface area contributed by atoms with Crippen LogP contribution in [0.5, 0.6) is 0 Å². The van der Waals surface area contributed by atoms with Crippen molar-refractivity contribution in [3.63, 3.8) is 0 Å². The van der Waals surface area contributed by atoms with Gasteiger partial charge in [0.25, 0.3) is 0 Å². The minimum absolute atomic E-state index is 0.00625. The number of nitrogens with one attached hydrogen (secondary N) is 4. The SMILES string of the molecule is CN1C(=O)CN([C@@H](CCCCN)C(=O)NCCCCCCCCCCC(=O)N2CCN(c3nc(Cl)nc(NCCCC[C@@H]4SC[C@@H]5NC(=O)N[C@@H]54)n3)CC2)C(=O)[C@@H]1CCC(=O)O. The zero-order valence-corrected chi connectivity index (χ0v) is 37.7. The number of carbonyl (C=O) groups is 6. The highest BCUT2D eigenvalue weighted by molar-refractivity contribution is 8.00. The molecular formula is C41H67ClN12O7S. The van der Waals surface area contributed by atoms with Crippen LogP contribution in [0.2, 0.25) is 5.28 Å². The quantitative estimate of drug-likeness (QED) is 0.0549. The van der Waals surface area contributed by atoms with Gasteiger partial charge in [0.15, 0.2) is 0 Å². The molecular weight excluding hydrogens is 840 g/mol. The molecule has 1 aromatic rings. The molecule has 0 unspecified atom stereocenters. The van der Waals surface area contributed by atoms with E-state index in [1.165, 1.54) is 16.8 Å². The third kappa shape index (κ3) is 14.7. The van der Waals surface area contributed by atoms with E-state index in [0.29, 0.717) is 88.6 Å². The molecule has 0 aromatic carbocycles. The zero-order chi connectivity index (χ0) is 44.4. The second kappa shape index (κ2) is 25.2. The van der Waals surface area contributed by atoms with Gasteiger partial charge in [-0.25, -0.2) is 4.79 Å². The van der Waals surface area contributed by atoms with E-state index in [9.17, 15) is 28.8 Å². The number of urea groups is 1. The first-order valence-electron chi connectivity index (χ1n) is 22.6. The lowest BCUT2D eigenvalue weighted by Gasteiger charge is -2.41. The fourth-order valence-corrected chi connectivity index (χ4v) is 10.3. The number of aromatic nitrogens is 3. The van der Waals surface area contributed by atoms with E-state index in [0.717, 1.165) is 76.4 Å². The van der Waals surface area contributed by atoms with Crippen LogP contribution in [0, 0.1) is 0 Å². The van der Waals surface area contributed by atoms with Crippen LogP contribution >= 0.6 is 23.4 Å². The Morgan fingerprint density at radius 2 is 1.58 bits per heavy atom. The molecule has 0 aliphatic carbocycles. The van der Waals surface area contributed by atoms with Gasteiger partial charge in [0.05, 0.1) is 12.1 Å². The fraction of sp³-hybridized carbons (Fsp3) is 0.780. The molecule has 5 rings (SSSR count). The number of nitrogens with zero attached hydrogens (tertiary/aromatic N) is 7. The molecule has 7 N–H and O–H groups in total.